The molecular formula is C19H21FN4O5. The molecule has 1 aromatic carbocycles. The SMILES string of the molecule is COC(=O)C1=C(Nc2cc(F)ccc2OCc2ccn(C)n2)C(=O)N(CCO)C1. The maximum atomic E-state index is 13.9. The number of aliphatic hydroxyl groups excluding tert-OH is 1. The molecule has 10 heteroatoms. The van der Waals surface area contributed by atoms with E-state index in [0.717, 1.165) is 6.07 Å². The second-order valence-corrected chi connectivity index (χ2v) is 6.33. The van der Waals surface area contributed by atoms with E-state index in [4.69, 9.17) is 14.6 Å². The van der Waals surface area contributed by atoms with Gasteiger partial charge in [-0.05, 0) is 18.2 Å². The van der Waals surface area contributed by atoms with Gasteiger partial charge in [0, 0.05) is 25.9 Å². The van der Waals surface area contributed by atoms with Gasteiger partial charge in [0.25, 0.3) is 5.91 Å². The number of hydrogen-bond donors (Lipinski definition) is 2. The molecule has 9 nitrogen and oxygen atoms in total. The van der Waals surface area contributed by atoms with Gasteiger partial charge >= 0.3 is 5.97 Å². The molecule has 1 amide bonds. The van der Waals surface area contributed by atoms with Crippen molar-refractivity contribution in [1.29, 1.82) is 0 Å². The topological polar surface area (TPSA) is 106 Å². The van der Waals surface area contributed by atoms with Gasteiger partial charge in [-0.3, -0.25) is 9.48 Å². The van der Waals surface area contributed by atoms with Crippen molar-refractivity contribution >= 4 is 17.6 Å². The molecule has 2 aromatic rings. The Hall–Kier alpha value is -3.40. The smallest absolute Gasteiger partial charge is 0.337 e. The van der Waals surface area contributed by atoms with Gasteiger partial charge in [0.1, 0.15) is 23.9 Å². The second-order valence-electron chi connectivity index (χ2n) is 6.33. The second kappa shape index (κ2) is 8.74. The number of nitrogens with zero attached hydrogens (tertiary/aromatic N) is 3. The number of nitrogens with one attached hydrogen (secondary N) is 1. The molecule has 0 saturated heterocycles. The Balaban J connectivity index is 1.87. The monoisotopic (exact) mass is 404 g/mol. The summed E-state index contributed by atoms with van der Waals surface area (Å²) in [6, 6.07) is 5.59. The maximum Gasteiger partial charge on any atom is 0.337 e. The lowest BCUT2D eigenvalue weighted by molar-refractivity contribution is -0.136. The van der Waals surface area contributed by atoms with Crippen LogP contribution in [0.5, 0.6) is 5.75 Å². The van der Waals surface area contributed by atoms with E-state index in [0.29, 0.717) is 5.69 Å². The van der Waals surface area contributed by atoms with Gasteiger partial charge < -0.3 is 24.8 Å². The predicted octanol–water partition coefficient (Wildman–Crippen LogP) is 0.812. The molecular weight excluding hydrogens is 383 g/mol. The molecule has 1 aromatic heterocycles. The van der Waals surface area contributed by atoms with Crippen LogP contribution in [0.25, 0.3) is 0 Å². The van der Waals surface area contributed by atoms with E-state index < -0.39 is 17.7 Å². The van der Waals surface area contributed by atoms with E-state index in [2.05, 4.69) is 10.4 Å². The van der Waals surface area contributed by atoms with Crippen LogP contribution in [0.15, 0.2) is 41.7 Å². The molecule has 0 fully saturated rings. The van der Waals surface area contributed by atoms with Crippen LogP contribution in [0.3, 0.4) is 0 Å². The van der Waals surface area contributed by atoms with E-state index in [1.165, 1.54) is 24.1 Å². The summed E-state index contributed by atoms with van der Waals surface area (Å²) in [7, 11) is 2.98. The van der Waals surface area contributed by atoms with Gasteiger partial charge in [0.05, 0.1) is 37.2 Å². The lowest BCUT2D eigenvalue weighted by Gasteiger charge is -2.16. The van der Waals surface area contributed by atoms with E-state index in [-0.39, 0.29) is 49.0 Å². The van der Waals surface area contributed by atoms with Crippen LogP contribution in [-0.2, 0) is 28.0 Å². The van der Waals surface area contributed by atoms with Gasteiger partial charge in [-0.15, -0.1) is 0 Å². The molecule has 0 bridgehead atoms. The van der Waals surface area contributed by atoms with Gasteiger partial charge in [-0.2, -0.15) is 5.10 Å². The number of aryl methyl sites for hydroxylation is 1. The molecule has 0 radical (unpaired) electrons. The summed E-state index contributed by atoms with van der Waals surface area (Å²) in [4.78, 5) is 26.0. The first kappa shape index (κ1) is 20.3. The number of rotatable bonds is 8. The first-order valence-electron chi connectivity index (χ1n) is 8.82. The first-order chi connectivity index (χ1) is 13.9. The minimum atomic E-state index is -0.686. The van der Waals surface area contributed by atoms with E-state index in [1.807, 2.05) is 0 Å². The van der Waals surface area contributed by atoms with Crippen molar-refractivity contribution in [2.75, 3.05) is 32.1 Å². The number of aromatic nitrogens is 2. The summed E-state index contributed by atoms with van der Waals surface area (Å²) in [6.45, 7) is -0.0922. The summed E-state index contributed by atoms with van der Waals surface area (Å²) in [5.41, 5.74) is 0.893. The number of ether oxygens (including phenoxy) is 2. The number of methoxy groups -OCH3 is 1. The van der Waals surface area contributed by atoms with Crippen molar-refractivity contribution in [3.63, 3.8) is 0 Å². The highest BCUT2D eigenvalue weighted by Gasteiger charge is 2.34. The molecule has 2 heterocycles. The minimum Gasteiger partial charge on any atom is -0.485 e. The largest absolute Gasteiger partial charge is 0.485 e. The highest BCUT2D eigenvalue weighted by atomic mass is 19.1. The van der Waals surface area contributed by atoms with Gasteiger partial charge in [0.15, 0.2) is 0 Å². The molecule has 154 valence electrons. The lowest BCUT2D eigenvalue weighted by Crippen LogP contribution is -2.31. The van der Waals surface area contributed by atoms with Crippen LogP contribution in [0.2, 0.25) is 0 Å². The number of aliphatic hydroxyl groups is 1. The number of benzene rings is 1. The Morgan fingerprint density at radius 2 is 2.17 bits per heavy atom. The van der Waals surface area contributed by atoms with Gasteiger partial charge in [0.2, 0.25) is 0 Å². The van der Waals surface area contributed by atoms with Crippen molar-refractivity contribution < 1.29 is 28.6 Å². The van der Waals surface area contributed by atoms with Gasteiger partial charge in [-0.25, -0.2) is 9.18 Å². The molecule has 0 unspecified atom stereocenters. The molecule has 0 atom stereocenters. The molecule has 2 N–H and O–H groups in total. The molecule has 0 saturated carbocycles. The summed E-state index contributed by atoms with van der Waals surface area (Å²) in [5.74, 6) is -1.45. The predicted molar refractivity (Wildman–Crippen MR) is 100 cm³/mol. The molecule has 1 aliphatic rings. The Morgan fingerprint density at radius 1 is 1.38 bits per heavy atom. The zero-order chi connectivity index (χ0) is 21.0. The summed E-state index contributed by atoms with van der Waals surface area (Å²) >= 11 is 0. The van der Waals surface area contributed by atoms with Crippen LogP contribution >= 0.6 is 0 Å². The van der Waals surface area contributed by atoms with Crippen LogP contribution < -0.4 is 10.1 Å². The van der Waals surface area contributed by atoms with Crippen molar-refractivity contribution in [2.24, 2.45) is 7.05 Å². The third kappa shape index (κ3) is 4.54. The lowest BCUT2D eigenvalue weighted by atomic mass is 10.2. The van der Waals surface area contributed by atoms with E-state index >= 15 is 0 Å². The van der Waals surface area contributed by atoms with Crippen LogP contribution in [0.1, 0.15) is 5.69 Å². The van der Waals surface area contributed by atoms with Gasteiger partial charge in [-0.1, -0.05) is 0 Å². The Morgan fingerprint density at radius 3 is 2.83 bits per heavy atom. The molecule has 0 aliphatic carbocycles. The third-order valence-corrected chi connectivity index (χ3v) is 4.30. The number of halogens is 1. The van der Waals surface area contributed by atoms with Crippen molar-refractivity contribution in [3.8, 4) is 5.75 Å². The molecule has 29 heavy (non-hydrogen) atoms. The number of amides is 1. The first-order valence-corrected chi connectivity index (χ1v) is 8.82. The highest BCUT2D eigenvalue weighted by Crippen LogP contribution is 2.30. The molecule has 1 aliphatic heterocycles. The van der Waals surface area contributed by atoms with E-state index in [1.54, 1.807) is 24.0 Å². The molecule has 0 spiro atoms. The van der Waals surface area contributed by atoms with E-state index in [9.17, 15) is 14.0 Å². The van der Waals surface area contributed by atoms with Crippen molar-refractivity contribution in [1.82, 2.24) is 14.7 Å². The average Bonchev–Trinajstić information content (AvgIpc) is 3.25. The maximum absolute atomic E-state index is 13.9. The summed E-state index contributed by atoms with van der Waals surface area (Å²) in [5, 5.41) is 16.2. The number of esters is 1. The van der Waals surface area contributed by atoms with Crippen LogP contribution in [0, 0.1) is 5.82 Å². The number of β-amino-alcohol motifs (C(OH)–C–C–N with tert-alkyl or cyclic N) is 1. The molecule has 3 rings (SSSR count). The zero-order valence-corrected chi connectivity index (χ0v) is 16.0. The number of carbonyl (C=O) groups is 2. The zero-order valence-electron chi connectivity index (χ0n) is 16.0. The standard InChI is InChI=1S/C19H21FN4O5/c1-23-6-5-13(22-23)11-29-16-4-3-12(20)9-15(16)21-17-14(19(27)28-2)10-24(7-8-25)18(17)26/h3-6,9,21,25H,7-8,10-11H2,1-2H3. The Labute approximate surface area is 166 Å². The fourth-order valence-electron chi connectivity index (χ4n) is 2.90. The fraction of sp³-hybridized carbons (Fsp3) is 0.316. The third-order valence-electron chi connectivity index (χ3n) is 4.30. The summed E-state index contributed by atoms with van der Waals surface area (Å²) in [6.07, 6.45) is 1.77. The highest BCUT2D eigenvalue weighted by molar-refractivity contribution is 6.08. The number of anilines is 1. The van der Waals surface area contributed by atoms with Crippen molar-refractivity contribution in [2.45, 2.75) is 6.61 Å². The van der Waals surface area contributed by atoms with Crippen LogP contribution in [-0.4, -0.2) is 58.5 Å². The quantitative estimate of drug-likeness (QED) is 0.627. The normalized spacial score (nSPS) is 13.8. The number of hydrogen-bond acceptors (Lipinski definition) is 7. The Kier molecular flexibility index (Phi) is 6.13. The van der Waals surface area contributed by atoms with Crippen LogP contribution in [0.4, 0.5) is 10.1 Å². The average molecular weight is 404 g/mol. The summed E-state index contributed by atoms with van der Waals surface area (Å²) < 4.78 is 26.0. The number of carbonyl (C=O) groups excluding carboxylic acids is 2. The Bertz CT molecular complexity index is 956. The fourth-order valence-corrected chi connectivity index (χ4v) is 2.90. The minimum absolute atomic E-state index is 0.0200. The van der Waals surface area contributed by atoms with Crippen molar-refractivity contribution in [3.05, 3.63) is 53.2 Å².